The van der Waals surface area contributed by atoms with E-state index in [1.54, 1.807) is 13.0 Å². The molecule has 1 aliphatic rings. The average Bonchev–Trinajstić information content (AvgIpc) is 2.98. The summed E-state index contributed by atoms with van der Waals surface area (Å²) in [6.07, 6.45) is 1.84. The zero-order valence-electron chi connectivity index (χ0n) is 13.9. The van der Waals surface area contributed by atoms with Gasteiger partial charge < -0.3 is 15.2 Å². The first kappa shape index (κ1) is 16.8. The van der Waals surface area contributed by atoms with Crippen molar-refractivity contribution < 1.29 is 9.59 Å². The fourth-order valence-electron chi connectivity index (χ4n) is 3.34. The lowest BCUT2D eigenvalue weighted by Crippen LogP contribution is -2.45. The zero-order chi connectivity index (χ0) is 17.3. The first-order chi connectivity index (χ1) is 11.4. The maximum absolute atomic E-state index is 12.5. The molecular formula is C18H22ClN3O2. The summed E-state index contributed by atoms with van der Waals surface area (Å²) >= 11 is 5.98. The van der Waals surface area contributed by atoms with Crippen LogP contribution in [0.4, 0.5) is 0 Å². The highest BCUT2D eigenvalue weighted by Gasteiger charge is 2.26. The molecule has 2 amide bonds. The van der Waals surface area contributed by atoms with Gasteiger partial charge in [-0.15, -0.1) is 0 Å². The Bertz CT molecular complexity index is 763. The van der Waals surface area contributed by atoms with Gasteiger partial charge in [0.1, 0.15) is 5.69 Å². The van der Waals surface area contributed by atoms with Crippen molar-refractivity contribution in [3.05, 3.63) is 35.0 Å². The predicted octanol–water partition coefficient (Wildman–Crippen LogP) is 3.20. The van der Waals surface area contributed by atoms with Gasteiger partial charge in [-0.2, -0.15) is 0 Å². The number of carbonyl (C=O) groups is 2. The van der Waals surface area contributed by atoms with E-state index in [2.05, 4.69) is 10.3 Å². The Labute approximate surface area is 146 Å². The number of benzene rings is 1. The number of piperidine rings is 1. The highest BCUT2D eigenvalue weighted by atomic mass is 35.5. The van der Waals surface area contributed by atoms with E-state index < -0.39 is 0 Å². The molecule has 1 unspecified atom stereocenters. The number of carbonyl (C=O) groups excluding carboxylic acids is 2. The molecule has 128 valence electrons. The summed E-state index contributed by atoms with van der Waals surface area (Å²) in [4.78, 5) is 28.9. The van der Waals surface area contributed by atoms with Crippen LogP contribution >= 0.6 is 11.6 Å². The lowest BCUT2D eigenvalue weighted by Gasteiger charge is -2.34. The number of likely N-dealkylation sites (tertiary alicyclic amines) is 1. The van der Waals surface area contributed by atoms with Crippen LogP contribution in [0, 0.1) is 5.92 Å². The minimum atomic E-state index is -0.108. The lowest BCUT2D eigenvalue weighted by molar-refractivity contribution is -0.130. The number of nitrogens with zero attached hydrogens (tertiary/aromatic N) is 1. The maximum atomic E-state index is 12.5. The van der Waals surface area contributed by atoms with Crippen molar-refractivity contribution in [2.45, 2.75) is 32.7 Å². The number of H-pyrrole nitrogens is 1. The van der Waals surface area contributed by atoms with Gasteiger partial charge in [-0.05, 0) is 49.9 Å². The number of aromatic amines is 1. The number of aromatic nitrogens is 1. The molecule has 0 radical (unpaired) electrons. The number of rotatable bonds is 3. The summed E-state index contributed by atoms with van der Waals surface area (Å²) in [6, 6.07) is 7.40. The Morgan fingerprint density at radius 3 is 2.67 bits per heavy atom. The second kappa shape index (κ2) is 6.85. The summed E-state index contributed by atoms with van der Waals surface area (Å²) in [5.41, 5.74) is 1.44. The van der Waals surface area contributed by atoms with Crippen LogP contribution in [0.3, 0.4) is 0 Å². The molecule has 24 heavy (non-hydrogen) atoms. The van der Waals surface area contributed by atoms with Crippen LogP contribution in [-0.4, -0.2) is 40.8 Å². The SMILES string of the molecule is CC(=O)N1CCC(C(C)NC(=O)c2cc3cc(Cl)ccc3[nH]2)CC1. The minimum Gasteiger partial charge on any atom is -0.351 e. The summed E-state index contributed by atoms with van der Waals surface area (Å²) in [5, 5.41) is 4.66. The lowest BCUT2D eigenvalue weighted by atomic mass is 9.90. The van der Waals surface area contributed by atoms with Gasteiger partial charge in [-0.1, -0.05) is 11.6 Å². The molecule has 0 saturated carbocycles. The third-order valence-electron chi connectivity index (χ3n) is 4.88. The number of hydrogen-bond acceptors (Lipinski definition) is 2. The highest BCUT2D eigenvalue weighted by Crippen LogP contribution is 2.22. The molecule has 6 heteroatoms. The Hall–Kier alpha value is -2.01. The van der Waals surface area contributed by atoms with Crippen LogP contribution in [0.15, 0.2) is 24.3 Å². The molecule has 1 fully saturated rings. The van der Waals surface area contributed by atoms with E-state index in [0.717, 1.165) is 36.8 Å². The van der Waals surface area contributed by atoms with E-state index in [-0.39, 0.29) is 17.9 Å². The molecule has 1 atom stereocenters. The quantitative estimate of drug-likeness (QED) is 0.895. The molecule has 2 heterocycles. The molecule has 0 spiro atoms. The smallest absolute Gasteiger partial charge is 0.267 e. The van der Waals surface area contributed by atoms with Crippen LogP contribution < -0.4 is 5.32 Å². The largest absolute Gasteiger partial charge is 0.351 e. The Balaban J connectivity index is 1.62. The number of amides is 2. The Morgan fingerprint density at radius 1 is 1.29 bits per heavy atom. The van der Waals surface area contributed by atoms with Gasteiger partial charge >= 0.3 is 0 Å². The van der Waals surface area contributed by atoms with Crippen molar-refractivity contribution in [3.63, 3.8) is 0 Å². The fourth-order valence-corrected chi connectivity index (χ4v) is 3.52. The highest BCUT2D eigenvalue weighted by molar-refractivity contribution is 6.31. The molecule has 1 saturated heterocycles. The monoisotopic (exact) mass is 347 g/mol. The van der Waals surface area contributed by atoms with Gasteiger partial charge in [0, 0.05) is 42.0 Å². The van der Waals surface area contributed by atoms with Crippen LogP contribution in [0.2, 0.25) is 5.02 Å². The van der Waals surface area contributed by atoms with Crippen molar-refractivity contribution in [1.29, 1.82) is 0 Å². The van der Waals surface area contributed by atoms with E-state index in [4.69, 9.17) is 11.6 Å². The van der Waals surface area contributed by atoms with E-state index in [0.29, 0.717) is 16.6 Å². The molecule has 3 rings (SSSR count). The normalized spacial score (nSPS) is 17.0. The molecular weight excluding hydrogens is 326 g/mol. The molecule has 2 aromatic rings. The molecule has 2 N–H and O–H groups in total. The molecule has 1 aliphatic heterocycles. The van der Waals surface area contributed by atoms with Crippen molar-refractivity contribution in [3.8, 4) is 0 Å². The van der Waals surface area contributed by atoms with Crippen LogP contribution in [-0.2, 0) is 4.79 Å². The zero-order valence-corrected chi connectivity index (χ0v) is 14.7. The number of nitrogens with one attached hydrogen (secondary N) is 2. The third-order valence-corrected chi connectivity index (χ3v) is 5.11. The third kappa shape index (κ3) is 3.56. The minimum absolute atomic E-state index is 0.0709. The number of hydrogen-bond donors (Lipinski definition) is 2. The van der Waals surface area contributed by atoms with Gasteiger partial charge in [0.2, 0.25) is 5.91 Å². The molecule has 0 aliphatic carbocycles. The van der Waals surface area contributed by atoms with Crippen molar-refractivity contribution in [2.75, 3.05) is 13.1 Å². The number of halogens is 1. The topological polar surface area (TPSA) is 65.2 Å². The van der Waals surface area contributed by atoms with E-state index in [1.165, 1.54) is 0 Å². The summed E-state index contributed by atoms with van der Waals surface area (Å²) in [7, 11) is 0. The molecule has 5 nitrogen and oxygen atoms in total. The summed E-state index contributed by atoms with van der Waals surface area (Å²) in [5.74, 6) is 0.411. The van der Waals surface area contributed by atoms with Crippen LogP contribution in [0.25, 0.3) is 10.9 Å². The van der Waals surface area contributed by atoms with Gasteiger partial charge in [-0.3, -0.25) is 9.59 Å². The Morgan fingerprint density at radius 2 is 2.00 bits per heavy atom. The van der Waals surface area contributed by atoms with Gasteiger partial charge in [-0.25, -0.2) is 0 Å². The van der Waals surface area contributed by atoms with Crippen molar-refractivity contribution in [2.24, 2.45) is 5.92 Å². The van der Waals surface area contributed by atoms with Crippen LogP contribution in [0.5, 0.6) is 0 Å². The van der Waals surface area contributed by atoms with E-state index >= 15 is 0 Å². The predicted molar refractivity (Wildman–Crippen MR) is 95.2 cm³/mol. The van der Waals surface area contributed by atoms with Gasteiger partial charge in [0.15, 0.2) is 0 Å². The van der Waals surface area contributed by atoms with E-state index in [1.807, 2.05) is 30.0 Å². The van der Waals surface area contributed by atoms with Crippen LogP contribution in [0.1, 0.15) is 37.2 Å². The standard InChI is InChI=1S/C18H22ClN3O2/c1-11(13-5-7-22(8-6-13)12(2)23)20-18(24)17-10-14-9-15(19)3-4-16(14)21-17/h3-4,9-11,13,21H,5-8H2,1-2H3,(H,20,24). The van der Waals surface area contributed by atoms with E-state index in [9.17, 15) is 9.59 Å². The first-order valence-corrected chi connectivity index (χ1v) is 8.66. The Kier molecular flexibility index (Phi) is 4.81. The van der Waals surface area contributed by atoms with Gasteiger partial charge in [0.05, 0.1) is 0 Å². The molecule has 0 bridgehead atoms. The summed E-state index contributed by atoms with van der Waals surface area (Å²) < 4.78 is 0. The van der Waals surface area contributed by atoms with Crippen molar-refractivity contribution >= 4 is 34.3 Å². The maximum Gasteiger partial charge on any atom is 0.267 e. The van der Waals surface area contributed by atoms with Gasteiger partial charge in [0.25, 0.3) is 5.91 Å². The average molecular weight is 348 g/mol. The first-order valence-electron chi connectivity index (χ1n) is 8.28. The fraction of sp³-hybridized carbons (Fsp3) is 0.444. The summed E-state index contributed by atoms with van der Waals surface area (Å²) in [6.45, 7) is 5.18. The second-order valence-corrected chi connectivity index (χ2v) is 6.96. The molecule has 1 aromatic carbocycles. The second-order valence-electron chi connectivity index (χ2n) is 6.52. The number of fused-ring (bicyclic) bond motifs is 1. The van der Waals surface area contributed by atoms with Crippen molar-refractivity contribution in [1.82, 2.24) is 15.2 Å². The molecule has 1 aromatic heterocycles.